The van der Waals surface area contributed by atoms with Crippen LogP contribution in [0.15, 0.2) is 12.5 Å². The number of nitrogens with two attached hydrogens (primary N) is 1. The Bertz CT molecular complexity index is 632. The summed E-state index contributed by atoms with van der Waals surface area (Å²) in [4.78, 5) is 7.63. The average Bonchev–Trinajstić information content (AvgIpc) is 2.92. The van der Waals surface area contributed by atoms with E-state index in [1.54, 1.807) is 0 Å². The molecule has 0 aromatic carbocycles. The molecule has 1 fully saturated rings. The molecule has 0 unspecified atom stereocenters. The van der Waals surface area contributed by atoms with Gasteiger partial charge in [-0.2, -0.15) is 0 Å². The molecule has 2 aromatic rings. The number of aromatic nitrogens is 3. The maximum Gasteiger partial charge on any atom is 0.167 e. The average molecular weight is 268 g/mol. The number of rotatable bonds is 1. The molecular formula is C11H13FN4O3. The third-order valence-electron chi connectivity index (χ3n) is 3.56. The van der Waals surface area contributed by atoms with Gasteiger partial charge in [0, 0.05) is 0 Å². The van der Waals surface area contributed by atoms with Gasteiger partial charge < -0.3 is 25.6 Å². The zero-order valence-corrected chi connectivity index (χ0v) is 9.81. The highest BCUT2D eigenvalue weighted by Crippen LogP contribution is 2.34. The molecule has 2 aromatic heterocycles. The largest absolute Gasteiger partial charge is 0.390 e. The highest BCUT2D eigenvalue weighted by atomic mass is 19.1. The third kappa shape index (κ3) is 1.68. The van der Waals surface area contributed by atoms with Gasteiger partial charge in [-0.05, 0) is 6.42 Å². The van der Waals surface area contributed by atoms with E-state index in [-0.39, 0.29) is 23.3 Å². The number of nitrogen functional groups attached to an aromatic ring is 1. The first kappa shape index (κ1) is 12.3. The van der Waals surface area contributed by atoms with Crippen LogP contribution in [0.5, 0.6) is 0 Å². The van der Waals surface area contributed by atoms with E-state index in [9.17, 15) is 19.7 Å². The Morgan fingerprint density at radius 2 is 2.00 bits per heavy atom. The maximum absolute atomic E-state index is 13.8. The van der Waals surface area contributed by atoms with Crippen molar-refractivity contribution in [1.82, 2.24) is 14.5 Å². The molecule has 2 heterocycles. The number of halogens is 1. The van der Waals surface area contributed by atoms with Crippen LogP contribution in [0.1, 0.15) is 12.5 Å². The SMILES string of the molecule is Nc1ncc(F)c2c1ncn2[C@@H]1C[C@H](O)[C@@H](O)[C@H]1O. The van der Waals surface area contributed by atoms with E-state index in [1.807, 2.05) is 0 Å². The molecule has 5 N–H and O–H groups in total. The summed E-state index contributed by atoms with van der Waals surface area (Å²) in [5, 5.41) is 29.0. The van der Waals surface area contributed by atoms with Crippen molar-refractivity contribution in [3.05, 3.63) is 18.3 Å². The van der Waals surface area contributed by atoms with Crippen LogP contribution in [0, 0.1) is 5.82 Å². The van der Waals surface area contributed by atoms with Gasteiger partial charge in [-0.15, -0.1) is 0 Å². The van der Waals surface area contributed by atoms with E-state index in [4.69, 9.17) is 5.73 Å². The van der Waals surface area contributed by atoms with Gasteiger partial charge in [-0.25, -0.2) is 14.4 Å². The number of hydrogen-bond donors (Lipinski definition) is 4. The number of pyridine rings is 1. The lowest BCUT2D eigenvalue weighted by atomic mass is 10.2. The van der Waals surface area contributed by atoms with Crippen LogP contribution in [0.2, 0.25) is 0 Å². The number of imidazole rings is 1. The minimum Gasteiger partial charge on any atom is -0.390 e. The smallest absolute Gasteiger partial charge is 0.167 e. The first-order valence-electron chi connectivity index (χ1n) is 5.81. The molecule has 1 aliphatic carbocycles. The quantitative estimate of drug-likeness (QED) is 0.537. The van der Waals surface area contributed by atoms with Gasteiger partial charge in [0.05, 0.1) is 24.7 Å². The lowest BCUT2D eigenvalue weighted by molar-refractivity contribution is -0.0244. The van der Waals surface area contributed by atoms with Crippen molar-refractivity contribution < 1.29 is 19.7 Å². The number of aliphatic hydroxyl groups is 3. The number of nitrogens with zero attached hydrogens (tertiary/aromatic N) is 3. The van der Waals surface area contributed by atoms with Crippen molar-refractivity contribution in [3.63, 3.8) is 0 Å². The van der Waals surface area contributed by atoms with E-state index in [1.165, 1.54) is 10.9 Å². The van der Waals surface area contributed by atoms with E-state index in [0.29, 0.717) is 0 Å². The van der Waals surface area contributed by atoms with Crippen molar-refractivity contribution >= 4 is 16.9 Å². The molecule has 1 aliphatic rings. The molecule has 0 saturated heterocycles. The number of anilines is 1. The van der Waals surface area contributed by atoms with Crippen LogP contribution in [-0.2, 0) is 0 Å². The Morgan fingerprint density at radius 3 is 2.63 bits per heavy atom. The van der Waals surface area contributed by atoms with Crippen molar-refractivity contribution in [1.29, 1.82) is 0 Å². The summed E-state index contributed by atoms with van der Waals surface area (Å²) in [6, 6.07) is -0.661. The topological polar surface area (TPSA) is 117 Å². The summed E-state index contributed by atoms with van der Waals surface area (Å²) in [7, 11) is 0. The number of aliphatic hydroxyl groups excluding tert-OH is 3. The minimum atomic E-state index is -1.26. The fraction of sp³-hybridized carbons (Fsp3) is 0.455. The maximum atomic E-state index is 13.8. The molecule has 102 valence electrons. The first-order valence-corrected chi connectivity index (χ1v) is 5.81. The van der Waals surface area contributed by atoms with Crippen molar-refractivity contribution in [2.75, 3.05) is 5.73 Å². The van der Waals surface area contributed by atoms with Crippen molar-refractivity contribution in [2.24, 2.45) is 0 Å². The fourth-order valence-electron chi connectivity index (χ4n) is 2.54. The molecule has 19 heavy (non-hydrogen) atoms. The Morgan fingerprint density at radius 1 is 1.26 bits per heavy atom. The molecule has 0 amide bonds. The summed E-state index contributed by atoms with van der Waals surface area (Å²) in [6.07, 6.45) is -1.10. The highest BCUT2D eigenvalue weighted by molar-refractivity contribution is 5.85. The molecule has 0 spiro atoms. The minimum absolute atomic E-state index is 0.0868. The molecular weight excluding hydrogens is 255 g/mol. The number of fused-ring (bicyclic) bond motifs is 1. The van der Waals surface area contributed by atoms with Gasteiger partial charge >= 0.3 is 0 Å². The van der Waals surface area contributed by atoms with Gasteiger partial charge in [0.25, 0.3) is 0 Å². The van der Waals surface area contributed by atoms with Crippen molar-refractivity contribution in [2.45, 2.75) is 30.8 Å². The van der Waals surface area contributed by atoms with Crippen LogP contribution in [0.4, 0.5) is 10.2 Å². The predicted molar refractivity (Wildman–Crippen MR) is 63.6 cm³/mol. The van der Waals surface area contributed by atoms with Gasteiger partial charge in [-0.3, -0.25) is 0 Å². The van der Waals surface area contributed by atoms with Crippen LogP contribution >= 0.6 is 0 Å². The Balaban J connectivity index is 2.14. The van der Waals surface area contributed by atoms with Crippen LogP contribution in [-0.4, -0.2) is 48.2 Å². The second-order valence-corrected chi connectivity index (χ2v) is 4.69. The molecule has 0 bridgehead atoms. The molecule has 0 aliphatic heterocycles. The molecule has 3 rings (SSSR count). The summed E-state index contributed by atoms with van der Waals surface area (Å²) in [6.45, 7) is 0. The second kappa shape index (κ2) is 4.12. The summed E-state index contributed by atoms with van der Waals surface area (Å²) in [5.74, 6) is -0.534. The second-order valence-electron chi connectivity index (χ2n) is 4.69. The Hall–Kier alpha value is -1.77. The molecule has 1 saturated carbocycles. The molecule has 8 heteroatoms. The lowest BCUT2D eigenvalue weighted by Crippen LogP contribution is -2.31. The van der Waals surface area contributed by atoms with E-state index in [2.05, 4.69) is 9.97 Å². The third-order valence-corrected chi connectivity index (χ3v) is 3.56. The monoisotopic (exact) mass is 268 g/mol. The van der Waals surface area contributed by atoms with Crippen LogP contribution in [0.3, 0.4) is 0 Å². The van der Waals surface area contributed by atoms with Crippen LogP contribution in [0.25, 0.3) is 11.0 Å². The number of hydrogen-bond acceptors (Lipinski definition) is 6. The zero-order valence-electron chi connectivity index (χ0n) is 9.81. The van der Waals surface area contributed by atoms with E-state index >= 15 is 0 Å². The fourth-order valence-corrected chi connectivity index (χ4v) is 2.54. The van der Waals surface area contributed by atoms with Gasteiger partial charge in [-0.1, -0.05) is 0 Å². The zero-order chi connectivity index (χ0) is 13.7. The first-order chi connectivity index (χ1) is 9.00. The predicted octanol–water partition coefficient (Wildman–Crippen LogP) is -0.820. The standard InChI is InChI=1S/C11H13FN4O3/c12-4-2-14-11(13)7-8(4)16(3-15-7)5-1-6(17)10(19)9(5)18/h2-3,5-6,9-10,17-19H,1H2,(H2,13,14)/t5-,6+,9+,10-/m1/s1. The van der Waals surface area contributed by atoms with Crippen LogP contribution < -0.4 is 5.73 Å². The highest BCUT2D eigenvalue weighted by Gasteiger charge is 2.42. The van der Waals surface area contributed by atoms with Crippen molar-refractivity contribution in [3.8, 4) is 0 Å². The molecule has 0 radical (unpaired) electrons. The Kier molecular flexibility index (Phi) is 2.66. The van der Waals surface area contributed by atoms with Gasteiger partial charge in [0.1, 0.15) is 23.2 Å². The normalized spacial score (nSPS) is 31.2. The molecule has 4 atom stereocenters. The molecule has 7 nitrogen and oxygen atoms in total. The summed E-state index contributed by atoms with van der Waals surface area (Å²) in [5.41, 5.74) is 5.92. The summed E-state index contributed by atoms with van der Waals surface area (Å²) >= 11 is 0. The van der Waals surface area contributed by atoms with E-state index in [0.717, 1.165) is 6.20 Å². The lowest BCUT2D eigenvalue weighted by Gasteiger charge is -2.18. The Labute approximate surface area is 107 Å². The van der Waals surface area contributed by atoms with Gasteiger partial charge in [0.15, 0.2) is 11.6 Å². The summed E-state index contributed by atoms with van der Waals surface area (Å²) < 4.78 is 15.2. The van der Waals surface area contributed by atoms with E-state index < -0.39 is 30.2 Å². The van der Waals surface area contributed by atoms with Gasteiger partial charge in [0.2, 0.25) is 0 Å².